The van der Waals surface area contributed by atoms with Gasteiger partial charge >= 0.3 is 6.09 Å². The number of alkyl halides is 3. The number of likely N-dealkylation sites (tertiary alicyclic amines) is 1. The maximum atomic E-state index is 13.5. The first-order valence-corrected chi connectivity index (χ1v) is 14.8. The van der Waals surface area contributed by atoms with Crippen LogP contribution in [0.25, 0.3) is 0 Å². The smallest absolute Gasteiger partial charge is 0.414 e. The number of halogens is 3. The summed E-state index contributed by atoms with van der Waals surface area (Å²) in [6.07, 6.45) is -1.14. The highest BCUT2D eigenvalue weighted by Gasteiger charge is 2.74. The molecule has 0 bridgehead atoms. The van der Waals surface area contributed by atoms with E-state index in [1.807, 2.05) is 0 Å². The molecule has 3 fully saturated rings. The number of hydrogen-bond donors (Lipinski definition) is 7. The van der Waals surface area contributed by atoms with E-state index in [9.17, 15) is 34.2 Å². The van der Waals surface area contributed by atoms with Crippen LogP contribution in [-0.2, 0) is 25.5 Å². The number of imide groups is 1. The number of anilines is 1. The highest BCUT2D eigenvalue weighted by Crippen LogP contribution is 2.45. The summed E-state index contributed by atoms with van der Waals surface area (Å²) in [6.45, 7) is 2.62. The van der Waals surface area contributed by atoms with Crippen LogP contribution in [0, 0.1) is 0 Å². The Morgan fingerprint density at radius 3 is 2.58 bits per heavy atom. The van der Waals surface area contributed by atoms with Crippen LogP contribution >= 0.6 is 34.8 Å². The van der Waals surface area contributed by atoms with E-state index in [1.54, 1.807) is 12.1 Å². The molecule has 0 radical (unpaired) electrons. The van der Waals surface area contributed by atoms with Crippen molar-refractivity contribution in [3.8, 4) is 0 Å². The summed E-state index contributed by atoms with van der Waals surface area (Å²) in [5.41, 5.74) is -0.904. The number of aliphatic hydroxyl groups is 2. The number of alkyl carbamates (subject to hydrolysis) is 1. The minimum atomic E-state index is -2.81. The molecule has 3 saturated heterocycles. The van der Waals surface area contributed by atoms with Crippen LogP contribution in [0.15, 0.2) is 35.6 Å². The van der Waals surface area contributed by atoms with E-state index in [2.05, 4.69) is 38.2 Å². The monoisotopic (exact) mass is 684 g/mol. The number of nitrogens with zero attached hydrogens (tertiary/aromatic N) is 3. The second-order valence-corrected chi connectivity index (χ2v) is 13.7. The molecule has 16 nitrogen and oxygen atoms in total. The van der Waals surface area contributed by atoms with Crippen molar-refractivity contribution in [2.24, 2.45) is 4.99 Å². The number of carbonyl (C=O) groups excluding carboxylic acids is 5. The van der Waals surface area contributed by atoms with E-state index in [0.29, 0.717) is 11.3 Å². The molecule has 5 aliphatic rings. The number of rotatable bonds is 5. The fraction of sp³-hybridized carbons (Fsp3) is 0.462. The van der Waals surface area contributed by atoms with Crippen LogP contribution in [-0.4, -0.2) is 109 Å². The molecule has 0 saturated carbocycles. The van der Waals surface area contributed by atoms with Crippen molar-refractivity contribution in [2.75, 3.05) is 25.0 Å². The number of fused-ring (bicyclic) bond motifs is 1. The first-order valence-electron chi connectivity index (χ1n) is 13.7. The Kier molecular flexibility index (Phi) is 7.55. The Labute approximate surface area is 270 Å². The lowest BCUT2D eigenvalue weighted by molar-refractivity contribution is -0.231. The van der Waals surface area contributed by atoms with Gasteiger partial charge in [0, 0.05) is 30.6 Å². The van der Waals surface area contributed by atoms with Gasteiger partial charge in [-0.25, -0.2) is 9.79 Å². The molecule has 7 N–H and O–H groups in total. The second kappa shape index (κ2) is 10.9. The molecular weight excluding hydrogens is 659 g/mol. The van der Waals surface area contributed by atoms with Crippen LogP contribution in [0.4, 0.5) is 10.5 Å². The fourth-order valence-corrected chi connectivity index (χ4v) is 6.58. The molecule has 6 rings (SSSR count). The molecule has 4 atom stereocenters. The number of guanidine groups is 1. The van der Waals surface area contributed by atoms with E-state index < -0.39 is 63.8 Å². The summed E-state index contributed by atoms with van der Waals surface area (Å²) in [5, 5.41) is 37.5. The van der Waals surface area contributed by atoms with Crippen molar-refractivity contribution in [1.29, 1.82) is 0 Å². The zero-order chi connectivity index (χ0) is 32.5. The molecule has 45 heavy (non-hydrogen) atoms. The third-order valence-corrected chi connectivity index (χ3v) is 8.66. The van der Waals surface area contributed by atoms with Crippen LogP contribution in [0.3, 0.4) is 0 Å². The average molecular weight is 686 g/mol. The van der Waals surface area contributed by atoms with Gasteiger partial charge in [0.1, 0.15) is 12.6 Å². The zero-order valence-corrected chi connectivity index (χ0v) is 25.5. The van der Waals surface area contributed by atoms with Crippen molar-refractivity contribution >= 4 is 76.2 Å². The molecule has 1 aromatic rings. The number of carbonyl (C=O) groups is 5. The molecule has 5 heterocycles. The normalized spacial score (nSPS) is 28.0. The van der Waals surface area contributed by atoms with Crippen molar-refractivity contribution < 1.29 is 38.9 Å². The maximum absolute atomic E-state index is 13.5. The van der Waals surface area contributed by atoms with Gasteiger partial charge in [0.2, 0.25) is 33.3 Å². The fourth-order valence-electron chi connectivity index (χ4n) is 6.42. The minimum Gasteiger partial charge on any atom is -0.445 e. The van der Waals surface area contributed by atoms with Crippen molar-refractivity contribution in [3.63, 3.8) is 0 Å². The molecule has 0 aromatic heterocycles. The first kappa shape index (κ1) is 31.2. The third kappa shape index (κ3) is 5.29. The SMILES string of the molecule is C=C1N[C@H]2[C@H](CN3C(=O)CCC3=O)N=C(NC(=O)OCC(Cl)(Cl)Cl)N3CC(NC(=O)c4cccc5c4CC(=O)N5)C(O)(O)[C@]23N1. The molecule has 240 valence electrons. The highest BCUT2D eigenvalue weighted by molar-refractivity contribution is 6.67. The van der Waals surface area contributed by atoms with E-state index in [-0.39, 0.29) is 55.6 Å². The Morgan fingerprint density at radius 2 is 1.89 bits per heavy atom. The standard InChI is InChI=1S/C26H27Cl3N8O8/c1-11-30-20-15(8-36-18(39)5-6-19(36)40)32-22(34-23(42)45-10-24(27,28)29)37-9-16(26(43,44)25(20,37)35-11)33-21(41)12-3-2-4-14-13(12)7-17(38)31-14/h2-4,15-16,20,30,35,43-44H,1,5-10H2,(H,31,38)(H,33,41)(H,32,34,42)/t15-,16?,20-,25-/m0/s1. The zero-order valence-electron chi connectivity index (χ0n) is 23.2. The van der Waals surface area contributed by atoms with E-state index in [1.165, 1.54) is 11.0 Å². The topological polar surface area (TPSA) is 214 Å². The molecule has 5 amide bonds. The lowest BCUT2D eigenvalue weighted by atomic mass is 9.85. The Bertz CT molecular complexity index is 1550. The Morgan fingerprint density at radius 1 is 1.18 bits per heavy atom. The van der Waals surface area contributed by atoms with Gasteiger partial charge in [-0.3, -0.25) is 29.4 Å². The number of nitrogens with one attached hydrogen (secondary N) is 5. The van der Waals surface area contributed by atoms with Crippen LogP contribution in [0.1, 0.15) is 28.8 Å². The molecule has 1 spiro atoms. The van der Waals surface area contributed by atoms with Gasteiger partial charge in [0.05, 0.1) is 30.9 Å². The second-order valence-electron chi connectivity index (χ2n) is 11.1. The van der Waals surface area contributed by atoms with Gasteiger partial charge in [-0.1, -0.05) is 47.4 Å². The third-order valence-electron chi connectivity index (χ3n) is 8.33. The molecule has 1 aromatic carbocycles. The van der Waals surface area contributed by atoms with E-state index >= 15 is 0 Å². The number of ether oxygens (including phenoxy) is 1. The molecule has 0 aliphatic carbocycles. The lowest BCUT2D eigenvalue weighted by Gasteiger charge is -2.49. The summed E-state index contributed by atoms with van der Waals surface area (Å²) in [6, 6.07) is 1.16. The van der Waals surface area contributed by atoms with Gasteiger partial charge < -0.3 is 41.1 Å². The predicted molar refractivity (Wildman–Crippen MR) is 158 cm³/mol. The average Bonchev–Trinajstić information content (AvgIpc) is 3.66. The van der Waals surface area contributed by atoms with Gasteiger partial charge in [-0.05, 0) is 17.7 Å². The molecular formula is C26H27Cl3N8O8. The van der Waals surface area contributed by atoms with Gasteiger partial charge in [-0.15, -0.1) is 0 Å². The van der Waals surface area contributed by atoms with Crippen LogP contribution in [0.2, 0.25) is 0 Å². The number of hydrogen-bond acceptors (Lipinski definition) is 12. The van der Waals surface area contributed by atoms with Crippen molar-refractivity contribution in [3.05, 3.63) is 41.7 Å². The highest BCUT2D eigenvalue weighted by atomic mass is 35.6. The van der Waals surface area contributed by atoms with Gasteiger partial charge in [0.25, 0.3) is 5.91 Å². The quantitative estimate of drug-likeness (QED) is 0.113. The summed E-state index contributed by atoms with van der Waals surface area (Å²) < 4.78 is 3.06. The van der Waals surface area contributed by atoms with E-state index in [0.717, 1.165) is 4.90 Å². The molecule has 5 aliphatic heterocycles. The summed E-state index contributed by atoms with van der Waals surface area (Å²) in [4.78, 5) is 70.2. The lowest BCUT2D eigenvalue weighted by Crippen LogP contribution is -2.78. The molecule has 1 unspecified atom stereocenters. The largest absolute Gasteiger partial charge is 0.445 e. The summed E-state index contributed by atoms with van der Waals surface area (Å²) in [7, 11) is 0. The minimum absolute atomic E-state index is 0.00635. The van der Waals surface area contributed by atoms with Crippen molar-refractivity contribution in [2.45, 2.75) is 52.6 Å². The van der Waals surface area contributed by atoms with Crippen LogP contribution in [0.5, 0.6) is 0 Å². The van der Waals surface area contributed by atoms with Gasteiger partial charge in [-0.2, -0.15) is 0 Å². The maximum Gasteiger partial charge on any atom is 0.414 e. The first-order chi connectivity index (χ1) is 21.1. The number of amides is 5. The van der Waals surface area contributed by atoms with Crippen LogP contribution < -0.4 is 26.6 Å². The number of benzene rings is 1. The molecule has 19 heteroatoms. The van der Waals surface area contributed by atoms with Crippen molar-refractivity contribution in [1.82, 2.24) is 31.1 Å². The predicted octanol–water partition coefficient (Wildman–Crippen LogP) is -1.01. The Balaban J connectivity index is 1.35. The number of aliphatic imine (C=N–C) groups is 1. The Hall–Kier alpha value is -3.83. The summed E-state index contributed by atoms with van der Waals surface area (Å²) >= 11 is 17.1. The summed E-state index contributed by atoms with van der Waals surface area (Å²) in [5.74, 6) is -4.80. The van der Waals surface area contributed by atoms with E-state index in [4.69, 9.17) is 39.5 Å². The van der Waals surface area contributed by atoms with Gasteiger partial charge in [0.15, 0.2) is 5.66 Å².